The molecule has 2 aliphatic rings. The smallest absolute Gasteiger partial charge is 0.243 e. The van der Waals surface area contributed by atoms with Gasteiger partial charge in [0, 0.05) is 38.3 Å². The van der Waals surface area contributed by atoms with Crippen LogP contribution in [0, 0.1) is 0 Å². The van der Waals surface area contributed by atoms with Crippen LogP contribution in [-0.4, -0.2) is 81.7 Å². The Labute approximate surface area is 186 Å². The Hall–Kier alpha value is -2.42. The van der Waals surface area contributed by atoms with Gasteiger partial charge in [0.25, 0.3) is 0 Å². The summed E-state index contributed by atoms with van der Waals surface area (Å²) in [4.78, 5) is 21.2. The molecule has 1 N–H and O–H groups in total. The molecule has 1 saturated heterocycles. The Balaban J connectivity index is 1.27. The molecule has 8 nitrogen and oxygen atoms in total. The standard InChI is InChI=1S/C22H27ClN6O2/c1-22(5-6-22)31-21-18-20(24-14-25-21)27-19(26-18)16-4-3-15(13-17(16)23)30-12-11-29-9-7-28(2)8-10-29/h3-4,13-14H,5-12H2,1-2H3,(H,24,25,26,27). The normalized spacial score (nSPS) is 18.9. The van der Waals surface area contributed by atoms with E-state index in [9.17, 15) is 0 Å². The molecule has 1 aromatic carbocycles. The number of hydrogen-bond acceptors (Lipinski definition) is 7. The number of ether oxygens (including phenoxy) is 2. The Morgan fingerprint density at radius 1 is 1.16 bits per heavy atom. The maximum absolute atomic E-state index is 6.57. The van der Waals surface area contributed by atoms with Crippen molar-refractivity contribution in [1.82, 2.24) is 29.7 Å². The molecule has 3 aromatic rings. The van der Waals surface area contributed by atoms with Gasteiger partial charge in [-0.3, -0.25) is 4.90 Å². The van der Waals surface area contributed by atoms with E-state index in [0.717, 1.165) is 56.9 Å². The molecular weight excluding hydrogens is 416 g/mol. The maximum Gasteiger partial charge on any atom is 0.243 e. The van der Waals surface area contributed by atoms with Crippen molar-refractivity contribution in [3.8, 4) is 23.0 Å². The fraction of sp³-hybridized carbons (Fsp3) is 0.500. The summed E-state index contributed by atoms with van der Waals surface area (Å²) in [6.45, 7) is 8.01. The average molecular weight is 443 g/mol. The Morgan fingerprint density at radius 3 is 2.71 bits per heavy atom. The van der Waals surface area contributed by atoms with E-state index in [2.05, 4.69) is 43.7 Å². The summed E-state index contributed by atoms with van der Waals surface area (Å²) in [5.41, 5.74) is 1.91. The highest BCUT2D eigenvalue weighted by Gasteiger charge is 2.41. The molecule has 3 heterocycles. The molecule has 0 atom stereocenters. The summed E-state index contributed by atoms with van der Waals surface area (Å²) in [5, 5.41) is 0.570. The van der Waals surface area contributed by atoms with Gasteiger partial charge in [0.05, 0.1) is 5.02 Å². The molecule has 0 spiro atoms. The van der Waals surface area contributed by atoms with Crippen LogP contribution < -0.4 is 9.47 Å². The number of imidazole rings is 1. The van der Waals surface area contributed by atoms with Crippen LogP contribution in [-0.2, 0) is 0 Å². The molecule has 5 rings (SSSR count). The Kier molecular flexibility index (Phi) is 5.45. The van der Waals surface area contributed by atoms with Crippen molar-refractivity contribution < 1.29 is 9.47 Å². The highest BCUT2D eigenvalue weighted by molar-refractivity contribution is 6.33. The fourth-order valence-electron chi connectivity index (χ4n) is 3.67. The van der Waals surface area contributed by atoms with Gasteiger partial charge in [-0.05, 0) is 45.0 Å². The Morgan fingerprint density at radius 2 is 1.97 bits per heavy atom. The zero-order valence-electron chi connectivity index (χ0n) is 17.9. The van der Waals surface area contributed by atoms with E-state index in [-0.39, 0.29) is 5.60 Å². The molecule has 31 heavy (non-hydrogen) atoms. The SMILES string of the molecule is CN1CCN(CCOc2ccc(-c3nc4ncnc(OC5(C)CC5)c4[nH]3)c(Cl)c2)CC1. The lowest BCUT2D eigenvalue weighted by molar-refractivity contribution is 0.134. The zero-order valence-corrected chi connectivity index (χ0v) is 18.7. The predicted octanol–water partition coefficient (Wildman–Crippen LogP) is 3.23. The van der Waals surface area contributed by atoms with Gasteiger partial charge in [-0.2, -0.15) is 4.98 Å². The zero-order chi connectivity index (χ0) is 21.4. The highest BCUT2D eigenvalue weighted by atomic mass is 35.5. The van der Waals surface area contributed by atoms with E-state index in [0.29, 0.717) is 34.5 Å². The van der Waals surface area contributed by atoms with E-state index >= 15 is 0 Å². The predicted molar refractivity (Wildman–Crippen MR) is 120 cm³/mol. The number of H-pyrrole nitrogens is 1. The number of piperazine rings is 1. The van der Waals surface area contributed by atoms with Gasteiger partial charge in [0.15, 0.2) is 5.65 Å². The van der Waals surface area contributed by atoms with Crippen LogP contribution in [0.2, 0.25) is 5.02 Å². The summed E-state index contributed by atoms with van der Waals surface area (Å²) >= 11 is 6.57. The summed E-state index contributed by atoms with van der Waals surface area (Å²) in [7, 11) is 2.16. The number of nitrogens with zero attached hydrogens (tertiary/aromatic N) is 5. The summed E-state index contributed by atoms with van der Waals surface area (Å²) in [6, 6.07) is 5.68. The largest absolute Gasteiger partial charge is 0.492 e. The topological polar surface area (TPSA) is 79.4 Å². The van der Waals surface area contributed by atoms with Gasteiger partial charge in [-0.15, -0.1) is 0 Å². The molecule has 0 radical (unpaired) electrons. The average Bonchev–Trinajstić information content (AvgIpc) is 3.31. The van der Waals surface area contributed by atoms with Crippen molar-refractivity contribution in [1.29, 1.82) is 0 Å². The number of hydrogen-bond donors (Lipinski definition) is 1. The van der Waals surface area contributed by atoms with Crippen LogP contribution in [0.1, 0.15) is 19.8 Å². The van der Waals surface area contributed by atoms with Crippen LogP contribution in [0.3, 0.4) is 0 Å². The molecule has 0 bridgehead atoms. The monoisotopic (exact) mass is 442 g/mol. The molecule has 9 heteroatoms. The number of nitrogens with one attached hydrogen (secondary N) is 1. The third-order valence-electron chi connectivity index (χ3n) is 6.02. The van der Waals surface area contributed by atoms with Gasteiger partial charge >= 0.3 is 0 Å². The van der Waals surface area contributed by atoms with E-state index in [1.165, 1.54) is 6.33 Å². The van der Waals surface area contributed by atoms with Crippen molar-refractivity contribution in [2.24, 2.45) is 0 Å². The second kappa shape index (κ2) is 8.26. The number of aromatic amines is 1. The van der Waals surface area contributed by atoms with Gasteiger partial charge in [0.2, 0.25) is 5.88 Å². The molecule has 0 unspecified atom stereocenters. The lowest BCUT2D eigenvalue weighted by Gasteiger charge is -2.32. The number of fused-ring (bicyclic) bond motifs is 1. The summed E-state index contributed by atoms with van der Waals surface area (Å²) in [5.74, 6) is 1.92. The molecule has 2 fully saturated rings. The number of likely N-dealkylation sites (N-methyl/N-ethyl adjacent to an activating group) is 1. The Bertz CT molecular complexity index is 1080. The minimum atomic E-state index is -0.132. The van der Waals surface area contributed by atoms with Gasteiger partial charge in [-0.1, -0.05) is 11.6 Å². The fourth-order valence-corrected chi connectivity index (χ4v) is 3.93. The number of aromatic nitrogens is 4. The van der Waals surface area contributed by atoms with Gasteiger partial charge in [0.1, 0.15) is 35.6 Å². The van der Waals surface area contributed by atoms with Crippen LogP contribution >= 0.6 is 11.6 Å². The van der Waals surface area contributed by atoms with Gasteiger partial charge in [-0.25, -0.2) is 9.97 Å². The second-order valence-electron chi connectivity index (χ2n) is 8.65. The molecule has 1 aliphatic carbocycles. The lowest BCUT2D eigenvalue weighted by atomic mass is 10.2. The molecule has 1 saturated carbocycles. The van der Waals surface area contributed by atoms with E-state index < -0.39 is 0 Å². The molecule has 164 valence electrons. The lowest BCUT2D eigenvalue weighted by Crippen LogP contribution is -2.45. The molecule has 2 aromatic heterocycles. The van der Waals surface area contributed by atoms with Crippen LogP contribution in [0.15, 0.2) is 24.5 Å². The maximum atomic E-state index is 6.57. The number of benzene rings is 1. The van der Waals surface area contributed by atoms with Crippen LogP contribution in [0.5, 0.6) is 11.6 Å². The molecule has 1 aliphatic heterocycles. The first-order chi connectivity index (χ1) is 15.0. The van der Waals surface area contributed by atoms with Crippen LogP contribution in [0.25, 0.3) is 22.6 Å². The number of rotatable bonds is 7. The van der Waals surface area contributed by atoms with E-state index in [4.69, 9.17) is 21.1 Å². The molecular formula is C22H27ClN6O2. The third-order valence-corrected chi connectivity index (χ3v) is 6.33. The first-order valence-corrected chi connectivity index (χ1v) is 11.1. The van der Waals surface area contributed by atoms with Crippen LogP contribution in [0.4, 0.5) is 0 Å². The first-order valence-electron chi connectivity index (χ1n) is 10.7. The second-order valence-corrected chi connectivity index (χ2v) is 9.06. The summed E-state index contributed by atoms with van der Waals surface area (Å²) in [6.07, 6.45) is 3.54. The number of halogens is 1. The minimum absolute atomic E-state index is 0.132. The van der Waals surface area contributed by atoms with Crippen molar-refractivity contribution in [2.75, 3.05) is 46.4 Å². The van der Waals surface area contributed by atoms with E-state index in [1.54, 1.807) is 0 Å². The van der Waals surface area contributed by atoms with Crippen molar-refractivity contribution in [3.63, 3.8) is 0 Å². The quantitative estimate of drug-likeness (QED) is 0.601. The molecule has 0 amide bonds. The van der Waals surface area contributed by atoms with Crippen molar-refractivity contribution in [3.05, 3.63) is 29.5 Å². The van der Waals surface area contributed by atoms with E-state index in [1.807, 2.05) is 18.2 Å². The first kappa shape index (κ1) is 20.5. The third kappa shape index (κ3) is 4.61. The van der Waals surface area contributed by atoms with Crippen molar-refractivity contribution >= 4 is 22.8 Å². The van der Waals surface area contributed by atoms with Crippen molar-refractivity contribution in [2.45, 2.75) is 25.4 Å². The summed E-state index contributed by atoms with van der Waals surface area (Å²) < 4.78 is 12.0. The highest BCUT2D eigenvalue weighted by Crippen LogP contribution is 2.40. The van der Waals surface area contributed by atoms with Gasteiger partial charge < -0.3 is 19.4 Å². The minimum Gasteiger partial charge on any atom is -0.492 e.